The summed E-state index contributed by atoms with van der Waals surface area (Å²) in [5, 5.41) is 10.4. The van der Waals surface area contributed by atoms with Gasteiger partial charge < -0.3 is 20.4 Å². The molecule has 0 spiro atoms. The lowest BCUT2D eigenvalue weighted by atomic mass is 10.3. The maximum absolute atomic E-state index is 5.57. The third kappa shape index (κ3) is 5.15. The van der Waals surface area contributed by atoms with Crippen molar-refractivity contribution >= 4 is 23.4 Å². The van der Waals surface area contributed by atoms with Crippen LogP contribution in [-0.4, -0.2) is 57.9 Å². The van der Waals surface area contributed by atoms with Gasteiger partial charge in [-0.15, -0.1) is 9.94 Å². The Balaban J connectivity index is 1.58. The highest BCUT2D eigenvalue weighted by atomic mass is 32.1. The highest BCUT2D eigenvalue weighted by Crippen LogP contribution is 2.16. The van der Waals surface area contributed by atoms with E-state index in [1.807, 2.05) is 33.5 Å². The van der Waals surface area contributed by atoms with Crippen LogP contribution in [0.15, 0.2) is 12.4 Å². The zero-order valence-corrected chi connectivity index (χ0v) is 14.1. The van der Waals surface area contributed by atoms with Gasteiger partial charge in [-0.05, 0) is 26.9 Å². The fraction of sp³-hybridized carbons (Fsp3) is 0.615. The fourth-order valence-corrected chi connectivity index (χ4v) is 2.45. The zero-order chi connectivity index (χ0) is 15.8. The van der Waals surface area contributed by atoms with E-state index in [9.17, 15) is 0 Å². The predicted octanol–water partition coefficient (Wildman–Crippen LogP) is 1.16. The van der Waals surface area contributed by atoms with Crippen molar-refractivity contribution in [1.29, 1.82) is 0 Å². The molecule has 0 aromatic carbocycles. The molecule has 9 heteroatoms. The SMILES string of the molecule is CNc1nsnc1NCCCCOn1cc(CN(C)C)cn1. The smallest absolute Gasteiger partial charge is 0.184 e. The van der Waals surface area contributed by atoms with Crippen LogP contribution >= 0.6 is 11.7 Å². The number of nitrogens with one attached hydrogen (secondary N) is 2. The Labute approximate surface area is 134 Å². The second kappa shape index (κ2) is 8.54. The molecule has 8 nitrogen and oxygen atoms in total. The first-order valence-corrected chi connectivity index (χ1v) is 7.98. The quantitative estimate of drug-likeness (QED) is 0.634. The number of hydrogen-bond donors (Lipinski definition) is 2. The minimum Gasteiger partial charge on any atom is -0.397 e. The van der Waals surface area contributed by atoms with E-state index >= 15 is 0 Å². The molecule has 2 rings (SSSR count). The molecular weight excluding hydrogens is 302 g/mol. The maximum atomic E-state index is 5.57. The van der Waals surface area contributed by atoms with Crippen molar-refractivity contribution in [2.24, 2.45) is 0 Å². The summed E-state index contributed by atoms with van der Waals surface area (Å²) < 4.78 is 8.32. The van der Waals surface area contributed by atoms with Crippen molar-refractivity contribution in [3.8, 4) is 0 Å². The number of anilines is 2. The molecule has 2 aromatic heterocycles. The van der Waals surface area contributed by atoms with Crippen LogP contribution in [0.5, 0.6) is 0 Å². The van der Waals surface area contributed by atoms with Crippen molar-refractivity contribution in [3.05, 3.63) is 18.0 Å². The highest BCUT2D eigenvalue weighted by molar-refractivity contribution is 6.99. The molecule has 22 heavy (non-hydrogen) atoms. The van der Waals surface area contributed by atoms with E-state index in [2.05, 4.69) is 29.4 Å². The van der Waals surface area contributed by atoms with Gasteiger partial charge in [0.1, 0.15) is 6.61 Å². The van der Waals surface area contributed by atoms with Crippen molar-refractivity contribution in [3.63, 3.8) is 0 Å². The molecule has 0 radical (unpaired) electrons. The van der Waals surface area contributed by atoms with Gasteiger partial charge in [-0.1, -0.05) is 0 Å². The molecular formula is C13H23N7OS. The minimum absolute atomic E-state index is 0.638. The Hall–Kier alpha value is -1.87. The van der Waals surface area contributed by atoms with Gasteiger partial charge in [0.25, 0.3) is 0 Å². The third-order valence-corrected chi connectivity index (χ3v) is 3.45. The summed E-state index contributed by atoms with van der Waals surface area (Å²) >= 11 is 1.20. The molecule has 0 aliphatic carbocycles. The predicted molar refractivity (Wildman–Crippen MR) is 88.2 cm³/mol. The molecule has 122 valence electrons. The van der Waals surface area contributed by atoms with Gasteiger partial charge >= 0.3 is 0 Å². The molecule has 0 amide bonds. The topological polar surface area (TPSA) is 80.1 Å². The first-order chi connectivity index (χ1) is 10.7. The second-order valence-corrected chi connectivity index (χ2v) is 5.70. The average Bonchev–Trinajstić information content (AvgIpc) is 3.11. The van der Waals surface area contributed by atoms with E-state index in [1.165, 1.54) is 16.6 Å². The fourth-order valence-electron chi connectivity index (χ4n) is 1.92. The zero-order valence-electron chi connectivity index (χ0n) is 13.2. The Bertz CT molecular complexity index is 554. The number of unbranched alkanes of at least 4 members (excludes halogenated alkanes) is 1. The standard InChI is InChI=1S/C13H23N7OS/c1-14-12-13(18-22-17-12)15-6-4-5-7-21-20-10-11(8-16-20)9-19(2)3/h8,10H,4-7,9H2,1-3H3,(H,14,17)(H,15,18). The van der Waals surface area contributed by atoms with Gasteiger partial charge in [0.2, 0.25) is 0 Å². The van der Waals surface area contributed by atoms with Crippen LogP contribution in [0.3, 0.4) is 0 Å². The summed E-state index contributed by atoms with van der Waals surface area (Å²) in [7, 11) is 5.90. The van der Waals surface area contributed by atoms with Crippen LogP contribution in [0.4, 0.5) is 11.6 Å². The van der Waals surface area contributed by atoms with E-state index in [0.29, 0.717) is 6.61 Å². The monoisotopic (exact) mass is 325 g/mol. The molecule has 0 fully saturated rings. The molecule has 0 aliphatic rings. The number of nitrogens with zero attached hydrogens (tertiary/aromatic N) is 5. The minimum atomic E-state index is 0.638. The number of hydrogen-bond acceptors (Lipinski definition) is 8. The van der Waals surface area contributed by atoms with E-state index in [4.69, 9.17) is 4.84 Å². The highest BCUT2D eigenvalue weighted by Gasteiger charge is 2.04. The van der Waals surface area contributed by atoms with Crippen molar-refractivity contribution in [2.45, 2.75) is 19.4 Å². The molecule has 2 heterocycles. The Morgan fingerprint density at radius 1 is 1.27 bits per heavy atom. The van der Waals surface area contributed by atoms with E-state index in [0.717, 1.165) is 43.1 Å². The van der Waals surface area contributed by atoms with Crippen molar-refractivity contribution < 1.29 is 4.84 Å². The normalized spacial score (nSPS) is 10.9. The molecule has 0 bridgehead atoms. The van der Waals surface area contributed by atoms with Crippen LogP contribution < -0.4 is 15.5 Å². The van der Waals surface area contributed by atoms with E-state index < -0.39 is 0 Å². The van der Waals surface area contributed by atoms with Gasteiger partial charge in [0.15, 0.2) is 11.6 Å². The summed E-state index contributed by atoms with van der Waals surface area (Å²) in [6, 6.07) is 0. The van der Waals surface area contributed by atoms with Gasteiger partial charge in [0.05, 0.1) is 24.1 Å². The first kappa shape index (κ1) is 16.5. The van der Waals surface area contributed by atoms with Crippen LogP contribution in [0, 0.1) is 0 Å². The van der Waals surface area contributed by atoms with Crippen molar-refractivity contribution in [2.75, 3.05) is 44.9 Å². The summed E-state index contributed by atoms with van der Waals surface area (Å²) in [4.78, 5) is 9.21. The molecule has 2 N–H and O–H groups in total. The second-order valence-electron chi connectivity index (χ2n) is 5.17. The van der Waals surface area contributed by atoms with E-state index in [1.54, 1.807) is 0 Å². The van der Waals surface area contributed by atoms with Crippen LogP contribution in [0.2, 0.25) is 0 Å². The molecule has 2 aromatic rings. The molecule has 0 aliphatic heterocycles. The largest absolute Gasteiger partial charge is 0.397 e. The molecule has 0 saturated heterocycles. The van der Waals surface area contributed by atoms with Crippen molar-refractivity contribution in [1.82, 2.24) is 23.6 Å². The summed E-state index contributed by atoms with van der Waals surface area (Å²) in [5.41, 5.74) is 1.14. The third-order valence-electron chi connectivity index (χ3n) is 2.92. The van der Waals surface area contributed by atoms with Gasteiger partial charge in [-0.25, -0.2) is 0 Å². The lowest BCUT2D eigenvalue weighted by Crippen LogP contribution is -2.14. The lowest BCUT2D eigenvalue weighted by molar-refractivity contribution is 0.0798. The Kier molecular flexibility index (Phi) is 6.41. The van der Waals surface area contributed by atoms with Gasteiger partial charge in [-0.3, -0.25) is 0 Å². The van der Waals surface area contributed by atoms with Crippen LogP contribution in [0.25, 0.3) is 0 Å². The number of aromatic nitrogens is 4. The molecule has 0 unspecified atom stereocenters. The average molecular weight is 325 g/mol. The Morgan fingerprint density at radius 2 is 2.09 bits per heavy atom. The summed E-state index contributed by atoms with van der Waals surface area (Å²) in [5.74, 6) is 1.61. The first-order valence-electron chi connectivity index (χ1n) is 7.25. The summed E-state index contributed by atoms with van der Waals surface area (Å²) in [6.45, 7) is 2.34. The number of rotatable bonds is 10. The maximum Gasteiger partial charge on any atom is 0.184 e. The van der Waals surface area contributed by atoms with Gasteiger partial charge in [0, 0.05) is 25.7 Å². The Morgan fingerprint density at radius 3 is 2.86 bits per heavy atom. The summed E-state index contributed by atoms with van der Waals surface area (Å²) in [6.07, 6.45) is 5.68. The van der Waals surface area contributed by atoms with E-state index in [-0.39, 0.29) is 0 Å². The molecule has 0 atom stereocenters. The van der Waals surface area contributed by atoms with Gasteiger partial charge in [-0.2, -0.15) is 8.75 Å². The lowest BCUT2D eigenvalue weighted by Gasteiger charge is -2.07. The molecule has 0 saturated carbocycles. The van der Waals surface area contributed by atoms with Crippen LogP contribution in [-0.2, 0) is 6.54 Å². The van der Waals surface area contributed by atoms with Crippen LogP contribution in [0.1, 0.15) is 18.4 Å².